The minimum absolute atomic E-state index is 0.0190. The molecule has 0 radical (unpaired) electrons. The molecule has 0 aliphatic carbocycles. The number of nitro benzene ring substituents is 1. The second kappa shape index (κ2) is 6.53. The fourth-order valence-electron chi connectivity index (χ4n) is 3.03. The zero-order valence-electron chi connectivity index (χ0n) is 14.8. The van der Waals surface area contributed by atoms with Crippen molar-refractivity contribution in [2.75, 3.05) is 13.2 Å². The molecule has 3 atom stereocenters. The Hall–Kier alpha value is -1.74. The van der Waals surface area contributed by atoms with Crippen molar-refractivity contribution in [3.63, 3.8) is 0 Å². The van der Waals surface area contributed by atoms with Crippen molar-refractivity contribution < 1.29 is 28.6 Å². The van der Waals surface area contributed by atoms with Crippen LogP contribution in [-0.2, 0) is 18.9 Å². The van der Waals surface area contributed by atoms with E-state index in [1.54, 1.807) is 12.1 Å². The Balaban J connectivity index is 1.64. The molecule has 0 aromatic heterocycles. The summed E-state index contributed by atoms with van der Waals surface area (Å²) in [5.74, 6) is -0.865. The molecule has 8 heteroatoms. The lowest BCUT2D eigenvalue weighted by Crippen LogP contribution is -2.40. The molecule has 3 rings (SSSR count). The van der Waals surface area contributed by atoms with Gasteiger partial charge in [-0.2, -0.15) is 0 Å². The van der Waals surface area contributed by atoms with Crippen LogP contribution in [0.15, 0.2) is 24.3 Å². The first-order valence-corrected chi connectivity index (χ1v) is 8.20. The number of nitrogens with zero attached hydrogens (tertiary/aromatic N) is 1. The molecule has 2 fully saturated rings. The average Bonchev–Trinajstić information content (AvgIpc) is 3.04. The van der Waals surface area contributed by atoms with Gasteiger partial charge in [-0.1, -0.05) is 0 Å². The van der Waals surface area contributed by atoms with Crippen molar-refractivity contribution in [3.8, 4) is 5.75 Å². The maximum absolute atomic E-state index is 10.7. The van der Waals surface area contributed by atoms with Gasteiger partial charge in [0.25, 0.3) is 5.69 Å². The maximum Gasteiger partial charge on any atom is 0.269 e. The van der Waals surface area contributed by atoms with Gasteiger partial charge in [0.15, 0.2) is 11.6 Å². The number of rotatable bonds is 5. The van der Waals surface area contributed by atoms with Crippen molar-refractivity contribution in [2.24, 2.45) is 0 Å². The van der Waals surface area contributed by atoms with Gasteiger partial charge in [-0.3, -0.25) is 10.1 Å². The summed E-state index contributed by atoms with van der Waals surface area (Å²) in [6.45, 7) is 8.06. The van der Waals surface area contributed by atoms with E-state index in [1.807, 2.05) is 27.7 Å². The summed E-state index contributed by atoms with van der Waals surface area (Å²) in [6, 6.07) is 5.93. The van der Waals surface area contributed by atoms with E-state index in [2.05, 4.69) is 0 Å². The molecule has 0 bridgehead atoms. The quantitative estimate of drug-likeness (QED) is 0.594. The summed E-state index contributed by atoms with van der Waals surface area (Å²) in [7, 11) is 0. The average molecular weight is 353 g/mol. The fourth-order valence-corrected chi connectivity index (χ4v) is 3.03. The van der Waals surface area contributed by atoms with Gasteiger partial charge in [-0.25, -0.2) is 0 Å². The molecule has 0 spiro atoms. The van der Waals surface area contributed by atoms with Gasteiger partial charge < -0.3 is 23.7 Å². The molecule has 138 valence electrons. The summed E-state index contributed by atoms with van der Waals surface area (Å²) >= 11 is 0. The van der Waals surface area contributed by atoms with Crippen LogP contribution in [0.3, 0.4) is 0 Å². The van der Waals surface area contributed by atoms with Crippen LogP contribution in [0.1, 0.15) is 27.7 Å². The summed E-state index contributed by atoms with van der Waals surface area (Å²) in [5, 5.41) is 10.7. The third-order valence-corrected chi connectivity index (χ3v) is 4.08. The Morgan fingerprint density at radius 1 is 1.12 bits per heavy atom. The highest BCUT2D eigenvalue weighted by Crippen LogP contribution is 2.35. The third-order valence-electron chi connectivity index (χ3n) is 4.08. The van der Waals surface area contributed by atoms with E-state index in [0.717, 1.165) is 0 Å². The predicted molar refractivity (Wildman–Crippen MR) is 87.3 cm³/mol. The largest absolute Gasteiger partial charge is 0.491 e. The van der Waals surface area contributed by atoms with Crippen LogP contribution in [0.4, 0.5) is 5.69 Å². The van der Waals surface area contributed by atoms with E-state index in [9.17, 15) is 10.1 Å². The highest BCUT2D eigenvalue weighted by molar-refractivity contribution is 5.35. The van der Waals surface area contributed by atoms with E-state index < -0.39 is 16.5 Å². The number of hydrogen-bond donors (Lipinski definition) is 0. The minimum Gasteiger partial charge on any atom is -0.491 e. The van der Waals surface area contributed by atoms with E-state index in [4.69, 9.17) is 23.7 Å². The molecule has 0 unspecified atom stereocenters. The van der Waals surface area contributed by atoms with Crippen LogP contribution in [0.5, 0.6) is 5.75 Å². The van der Waals surface area contributed by atoms with E-state index in [-0.39, 0.29) is 30.6 Å². The summed E-state index contributed by atoms with van der Waals surface area (Å²) < 4.78 is 29.2. The lowest BCUT2D eigenvalue weighted by atomic mass is 10.1. The Kier molecular flexibility index (Phi) is 4.72. The van der Waals surface area contributed by atoms with Gasteiger partial charge in [0.2, 0.25) is 0 Å². The first-order valence-electron chi connectivity index (χ1n) is 8.20. The Bertz CT molecular complexity index is 628. The molecule has 1 aromatic rings. The van der Waals surface area contributed by atoms with Crippen molar-refractivity contribution >= 4 is 5.69 Å². The highest BCUT2D eigenvalue weighted by atomic mass is 16.8. The first kappa shape index (κ1) is 18.1. The fraction of sp³-hybridized carbons (Fsp3) is 0.647. The molecule has 2 saturated heterocycles. The Morgan fingerprint density at radius 3 is 2.36 bits per heavy atom. The van der Waals surface area contributed by atoms with Gasteiger partial charge in [0.05, 0.1) is 11.5 Å². The van der Waals surface area contributed by atoms with Crippen LogP contribution in [0, 0.1) is 10.1 Å². The van der Waals surface area contributed by atoms with Crippen LogP contribution in [0.25, 0.3) is 0 Å². The molecule has 0 N–H and O–H groups in total. The van der Waals surface area contributed by atoms with Gasteiger partial charge in [-0.05, 0) is 39.8 Å². The molecule has 2 heterocycles. The van der Waals surface area contributed by atoms with Crippen LogP contribution in [-0.4, -0.2) is 48.0 Å². The lowest BCUT2D eigenvalue weighted by molar-refractivity contribution is -0.384. The van der Waals surface area contributed by atoms with Crippen LogP contribution < -0.4 is 4.74 Å². The summed E-state index contributed by atoms with van der Waals surface area (Å²) in [4.78, 5) is 10.2. The normalized spacial score (nSPS) is 30.3. The first-order chi connectivity index (χ1) is 11.7. The molecule has 2 aliphatic rings. The van der Waals surface area contributed by atoms with E-state index >= 15 is 0 Å². The number of ether oxygens (including phenoxy) is 5. The molecule has 1 aromatic carbocycles. The topological polar surface area (TPSA) is 89.3 Å². The van der Waals surface area contributed by atoms with Crippen molar-refractivity contribution in [1.82, 2.24) is 0 Å². The maximum atomic E-state index is 10.7. The van der Waals surface area contributed by atoms with Gasteiger partial charge in [0.1, 0.15) is 30.7 Å². The lowest BCUT2D eigenvalue weighted by Gasteiger charge is -2.23. The Labute approximate surface area is 146 Å². The number of benzene rings is 1. The molecule has 8 nitrogen and oxygen atoms in total. The van der Waals surface area contributed by atoms with Gasteiger partial charge in [0, 0.05) is 12.1 Å². The molecule has 2 aliphatic heterocycles. The number of non-ortho nitro benzene ring substituents is 1. The van der Waals surface area contributed by atoms with Gasteiger partial charge in [-0.15, -0.1) is 0 Å². The highest BCUT2D eigenvalue weighted by Gasteiger charge is 2.49. The zero-order chi connectivity index (χ0) is 18.2. The molecule has 0 saturated carbocycles. The SMILES string of the molecule is CC1(C)OC[C@H]([C@H]2OC(C)(C)O[C@@H]2COc2ccc([N+](=O)[O-])cc2)O1. The molecular weight excluding hydrogens is 330 g/mol. The molecule has 0 amide bonds. The standard InChI is InChI=1S/C17H23NO7/c1-16(2)22-10-14(23-16)15-13(24-17(3,4)25-15)9-21-12-7-5-11(6-8-12)18(19)20/h5-8,13-15H,9-10H2,1-4H3/t13-,14-,15+/m1/s1. The second-order valence-corrected chi connectivity index (χ2v) is 7.07. The zero-order valence-corrected chi connectivity index (χ0v) is 14.8. The smallest absolute Gasteiger partial charge is 0.269 e. The second-order valence-electron chi connectivity index (χ2n) is 7.07. The van der Waals surface area contributed by atoms with Crippen molar-refractivity contribution in [2.45, 2.75) is 57.6 Å². The molecule has 25 heavy (non-hydrogen) atoms. The van der Waals surface area contributed by atoms with Crippen molar-refractivity contribution in [3.05, 3.63) is 34.4 Å². The minimum atomic E-state index is -0.746. The third kappa shape index (κ3) is 4.27. The van der Waals surface area contributed by atoms with Crippen LogP contribution >= 0.6 is 0 Å². The van der Waals surface area contributed by atoms with E-state index in [1.165, 1.54) is 12.1 Å². The monoisotopic (exact) mass is 353 g/mol. The van der Waals surface area contributed by atoms with Gasteiger partial charge >= 0.3 is 0 Å². The van der Waals surface area contributed by atoms with E-state index in [0.29, 0.717) is 12.4 Å². The number of nitro groups is 1. The molecular formula is C17H23NO7. The number of hydrogen-bond acceptors (Lipinski definition) is 7. The Morgan fingerprint density at radius 2 is 1.80 bits per heavy atom. The summed E-state index contributed by atoms with van der Waals surface area (Å²) in [5.41, 5.74) is 0.0190. The summed E-state index contributed by atoms with van der Waals surface area (Å²) in [6.07, 6.45) is -0.912. The van der Waals surface area contributed by atoms with Crippen LogP contribution in [0.2, 0.25) is 0 Å². The van der Waals surface area contributed by atoms with Crippen molar-refractivity contribution in [1.29, 1.82) is 0 Å². The predicted octanol–water partition coefficient (Wildman–Crippen LogP) is 2.65.